The summed E-state index contributed by atoms with van der Waals surface area (Å²) in [6.45, 7) is 6.85. The molecule has 2 heterocycles. The first kappa shape index (κ1) is 18.9. The van der Waals surface area contributed by atoms with Crippen molar-refractivity contribution < 1.29 is 9.53 Å². The van der Waals surface area contributed by atoms with E-state index in [-0.39, 0.29) is 5.41 Å². The highest BCUT2D eigenvalue weighted by Gasteiger charge is 2.76. The maximum Gasteiger partial charge on any atom is 0.259 e. The van der Waals surface area contributed by atoms with Crippen molar-refractivity contribution in [1.82, 2.24) is 4.98 Å². The number of thiazole rings is 1. The third-order valence-electron chi connectivity index (χ3n) is 6.26. The van der Waals surface area contributed by atoms with E-state index in [1.54, 1.807) is 0 Å². The molecule has 1 amide bonds. The summed E-state index contributed by atoms with van der Waals surface area (Å²) in [7, 11) is 0. The Balaban J connectivity index is 1.60. The van der Waals surface area contributed by atoms with Gasteiger partial charge < -0.3 is 10.5 Å². The molecule has 0 bridgehead atoms. The minimum absolute atomic E-state index is 0.273. The molecule has 1 aromatic heterocycles. The van der Waals surface area contributed by atoms with Crippen molar-refractivity contribution in [1.29, 1.82) is 0 Å². The molecular formula is C21H25ClN2O2S. The monoisotopic (exact) mass is 404 g/mol. The van der Waals surface area contributed by atoms with Crippen LogP contribution in [-0.2, 0) is 15.1 Å². The summed E-state index contributed by atoms with van der Waals surface area (Å²) in [4.78, 5) is 17.2. The van der Waals surface area contributed by atoms with Crippen molar-refractivity contribution in [3.05, 3.63) is 39.7 Å². The molecule has 1 spiro atoms. The lowest BCUT2D eigenvalue weighted by atomic mass is 9.67. The Morgan fingerprint density at radius 2 is 1.89 bits per heavy atom. The highest BCUT2D eigenvalue weighted by molar-refractivity contribution is 7.10. The number of ether oxygens (including phenoxy) is 1. The van der Waals surface area contributed by atoms with Crippen LogP contribution >= 0.6 is 22.9 Å². The number of rotatable bonds is 3. The average molecular weight is 405 g/mol. The molecule has 4 rings (SSSR count). The lowest BCUT2D eigenvalue weighted by molar-refractivity contribution is -0.123. The standard InChI is InChI=1S/C21H25ClN2O2S/c1-19(2,3)14-8-10-20(11-9-14)21(26-20,17(23)25)18-24-16(12-27-18)13-4-6-15(22)7-5-13/h4-7,12,14H,8-11H2,1-3H3,(H2,23,25). The van der Waals surface area contributed by atoms with Gasteiger partial charge in [-0.15, -0.1) is 11.3 Å². The number of epoxide rings is 1. The van der Waals surface area contributed by atoms with Gasteiger partial charge in [0.05, 0.1) is 5.69 Å². The fraction of sp³-hybridized carbons (Fsp3) is 0.524. The fourth-order valence-corrected chi connectivity index (χ4v) is 5.66. The van der Waals surface area contributed by atoms with Crippen molar-refractivity contribution in [2.45, 2.75) is 57.7 Å². The third kappa shape index (κ3) is 3.00. The van der Waals surface area contributed by atoms with Crippen LogP contribution in [0.3, 0.4) is 0 Å². The van der Waals surface area contributed by atoms with Crippen molar-refractivity contribution >= 4 is 28.8 Å². The van der Waals surface area contributed by atoms with Gasteiger partial charge in [-0.25, -0.2) is 4.98 Å². The molecule has 6 heteroatoms. The molecule has 1 aliphatic carbocycles. The van der Waals surface area contributed by atoms with Crippen molar-refractivity contribution in [3.8, 4) is 11.3 Å². The second-order valence-electron chi connectivity index (χ2n) is 8.83. The summed E-state index contributed by atoms with van der Waals surface area (Å²) >= 11 is 7.42. The molecule has 4 nitrogen and oxygen atoms in total. The summed E-state index contributed by atoms with van der Waals surface area (Å²) in [6.07, 6.45) is 3.81. The molecule has 1 saturated heterocycles. The normalized spacial score (nSPS) is 30.4. The smallest absolute Gasteiger partial charge is 0.259 e. The second kappa shape index (κ2) is 6.29. The van der Waals surface area contributed by atoms with E-state index in [0.717, 1.165) is 36.9 Å². The highest BCUT2D eigenvalue weighted by atomic mass is 35.5. The lowest BCUT2D eigenvalue weighted by Crippen LogP contribution is -2.40. The van der Waals surface area contributed by atoms with Crippen molar-refractivity contribution in [3.63, 3.8) is 0 Å². The molecule has 1 atom stereocenters. The second-order valence-corrected chi connectivity index (χ2v) is 10.1. The summed E-state index contributed by atoms with van der Waals surface area (Å²) in [6, 6.07) is 7.53. The van der Waals surface area contributed by atoms with Crippen LogP contribution in [0.25, 0.3) is 11.3 Å². The molecule has 0 radical (unpaired) electrons. The van der Waals surface area contributed by atoms with Crippen LogP contribution in [0.4, 0.5) is 0 Å². The molecule has 2 aliphatic rings. The predicted molar refractivity (Wildman–Crippen MR) is 109 cm³/mol. The van der Waals surface area contributed by atoms with Crippen LogP contribution in [-0.4, -0.2) is 16.5 Å². The minimum atomic E-state index is -1.06. The topological polar surface area (TPSA) is 68.5 Å². The number of benzene rings is 1. The number of aromatic nitrogens is 1. The van der Waals surface area contributed by atoms with E-state index in [0.29, 0.717) is 15.9 Å². The number of hydrogen-bond donors (Lipinski definition) is 1. The fourth-order valence-electron chi connectivity index (χ4n) is 4.48. The van der Waals surface area contributed by atoms with Crippen LogP contribution in [0, 0.1) is 11.3 Å². The number of amides is 1. The van der Waals surface area contributed by atoms with Crippen LogP contribution < -0.4 is 5.73 Å². The number of primary amides is 1. The molecule has 1 aliphatic heterocycles. The van der Waals surface area contributed by atoms with E-state index in [4.69, 9.17) is 27.1 Å². The molecule has 1 saturated carbocycles. The van der Waals surface area contributed by atoms with Crippen molar-refractivity contribution in [2.24, 2.45) is 17.1 Å². The summed E-state index contributed by atoms with van der Waals surface area (Å²) < 4.78 is 6.16. The summed E-state index contributed by atoms with van der Waals surface area (Å²) in [5, 5.41) is 3.32. The van der Waals surface area contributed by atoms with Gasteiger partial charge in [0.15, 0.2) is 0 Å². The first-order chi connectivity index (χ1) is 12.7. The number of nitrogens with two attached hydrogens (primary N) is 1. The largest absolute Gasteiger partial charge is 0.367 e. The zero-order chi connectivity index (χ0) is 19.4. The van der Waals surface area contributed by atoms with Gasteiger partial charge in [0, 0.05) is 16.0 Å². The molecular weight excluding hydrogens is 380 g/mol. The molecule has 2 aromatic rings. The molecule has 1 aromatic carbocycles. The zero-order valence-corrected chi connectivity index (χ0v) is 17.5. The predicted octanol–water partition coefficient (Wildman–Crippen LogP) is 5.15. The van der Waals surface area contributed by atoms with Crippen LogP contribution in [0.2, 0.25) is 5.02 Å². The lowest BCUT2D eigenvalue weighted by Gasteiger charge is -2.36. The van der Waals surface area contributed by atoms with Gasteiger partial charge in [0.25, 0.3) is 5.91 Å². The number of nitrogens with zero attached hydrogens (tertiary/aromatic N) is 1. The van der Waals surface area contributed by atoms with Gasteiger partial charge in [0.2, 0.25) is 5.60 Å². The number of carbonyl (C=O) groups excluding carboxylic acids is 1. The van der Waals surface area contributed by atoms with Gasteiger partial charge in [-0.1, -0.05) is 44.5 Å². The Morgan fingerprint density at radius 3 is 2.44 bits per heavy atom. The highest BCUT2D eigenvalue weighted by Crippen LogP contribution is 2.64. The Labute approximate surface area is 169 Å². The van der Waals surface area contributed by atoms with E-state index in [1.165, 1.54) is 11.3 Å². The number of carbonyl (C=O) groups is 1. The Kier molecular flexibility index (Phi) is 4.41. The molecule has 2 fully saturated rings. The average Bonchev–Trinajstić information content (AvgIpc) is 3.00. The van der Waals surface area contributed by atoms with E-state index in [9.17, 15) is 4.79 Å². The van der Waals surface area contributed by atoms with E-state index in [1.807, 2.05) is 29.6 Å². The SMILES string of the molecule is CC(C)(C)C1CCC2(CC1)OC2(C(N)=O)c1nc(-c2ccc(Cl)cc2)cs1. The maximum atomic E-state index is 12.5. The quantitative estimate of drug-likeness (QED) is 0.719. The Morgan fingerprint density at radius 1 is 1.26 bits per heavy atom. The van der Waals surface area contributed by atoms with Crippen molar-refractivity contribution in [2.75, 3.05) is 0 Å². The minimum Gasteiger partial charge on any atom is -0.367 e. The molecule has 1 unspecified atom stereocenters. The number of halogens is 1. The maximum absolute atomic E-state index is 12.5. The van der Waals surface area contributed by atoms with Gasteiger partial charge in [0.1, 0.15) is 10.6 Å². The summed E-state index contributed by atoms with van der Waals surface area (Å²) in [5.74, 6) is 0.215. The first-order valence-corrected chi connectivity index (χ1v) is 10.7. The van der Waals surface area contributed by atoms with E-state index < -0.39 is 17.1 Å². The van der Waals surface area contributed by atoms with Gasteiger partial charge in [-0.2, -0.15) is 0 Å². The zero-order valence-electron chi connectivity index (χ0n) is 15.9. The molecule has 144 valence electrons. The summed E-state index contributed by atoms with van der Waals surface area (Å²) in [5.41, 5.74) is 6.36. The van der Waals surface area contributed by atoms with Crippen LogP contribution in [0.1, 0.15) is 51.5 Å². The number of hydrogen-bond acceptors (Lipinski definition) is 4. The van der Waals surface area contributed by atoms with Crippen LogP contribution in [0.5, 0.6) is 0 Å². The van der Waals surface area contributed by atoms with Gasteiger partial charge in [-0.3, -0.25) is 4.79 Å². The van der Waals surface area contributed by atoms with E-state index >= 15 is 0 Å². The van der Waals surface area contributed by atoms with E-state index in [2.05, 4.69) is 20.8 Å². The van der Waals surface area contributed by atoms with Crippen LogP contribution in [0.15, 0.2) is 29.6 Å². The van der Waals surface area contributed by atoms with Gasteiger partial charge >= 0.3 is 0 Å². The first-order valence-electron chi connectivity index (χ1n) is 9.40. The molecule has 27 heavy (non-hydrogen) atoms. The Bertz CT molecular complexity index is 863. The van der Waals surface area contributed by atoms with Gasteiger partial charge in [-0.05, 0) is 49.1 Å². The Hall–Kier alpha value is -1.43. The molecule has 2 N–H and O–H groups in total. The third-order valence-corrected chi connectivity index (χ3v) is 7.45.